The summed E-state index contributed by atoms with van der Waals surface area (Å²) in [4.78, 5) is 0. The summed E-state index contributed by atoms with van der Waals surface area (Å²) < 4.78 is 10.3. The third kappa shape index (κ3) is 2.65. The fourth-order valence-corrected chi connectivity index (χ4v) is 1.35. The van der Waals surface area contributed by atoms with Crippen molar-refractivity contribution >= 4 is 0 Å². The van der Waals surface area contributed by atoms with Gasteiger partial charge in [-0.25, -0.2) is 0 Å². The van der Waals surface area contributed by atoms with E-state index in [1.807, 2.05) is 6.92 Å². The quantitative estimate of drug-likeness (QED) is 0.515. The van der Waals surface area contributed by atoms with Crippen molar-refractivity contribution < 1.29 is 24.8 Å². The molecule has 0 amide bonds. The van der Waals surface area contributed by atoms with Gasteiger partial charge in [0.05, 0.1) is 6.61 Å². The number of rotatable bonds is 5. The molecule has 0 aliphatic carbocycles. The molecule has 0 radical (unpaired) electrons. The molecule has 84 valence electrons. The average Bonchev–Trinajstić information content (AvgIpc) is 2.46. The largest absolute Gasteiger partial charge is 0.394 e. The average molecular weight is 206 g/mol. The Morgan fingerprint density at radius 3 is 2.50 bits per heavy atom. The summed E-state index contributed by atoms with van der Waals surface area (Å²) in [5.74, 6) is 0. The monoisotopic (exact) mass is 206 g/mol. The van der Waals surface area contributed by atoms with E-state index >= 15 is 0 Å². The van der Waals surface area contributed by atoms with Crippen molar-refractivity contribution in [3.63, 3.8) is 0 Å². The Bertz CT molecular complexity index is 163. The van der Waals surface area contributed by atoms with E-state index in [4.69, 9.17) is 14.6 Å². The van der Waals surface area contributed by atoms with Crippen LogP contribution < -0.4 is 0 Å². The molecule has 1 aliphatic rings. The first-order valence-corrected chi connectivity index (χ1v) is 4.94. The van der Waals surface area contributed by atoms with Crippen LogP contribution in [0, 0.1) is 0 Å². The number of aliphatic hydroxyl groups is 3. The molecule has 0 spiro atoms. The van der Waals surface area contributed by atoms with Crippen molar-refractivity contribution in [3.05, 3.63) is 0 Å². The second kappa shape index (κ2) is 5.63. The summed E-state index contributed by atoms with van der Waals surface area (Å²) >= 11 is 0. The lowest BCUT2D eigenvalue weighted by Gasteiger charge is -2.14. The lowest BCUT2D eigenvalue weighted by Crippen LogP contribution is -2.34. The molecule has 1 unspecified atom stereocenters. The number of unbranched alkanes of at least 4 members (excludes halogenated alkanes) is 1. The third-order valence-corrected chi connectivity index (χ3v) is 2.28. The first-order valence-electron chi connectivity index (χ1n) is 4.94. The van der Waals surface area contributed by atoms with Crippen LogP contribution in [0.4, 0.5) is 0 Å². The van der Waals surface area contributed by atoms with E-state index < -0.39 is 24.6 Å². The molecule has 0 aromatic carbocycles. The first kappa shape index (κ1) is 11.9. The minimum absolute atomic E-state index is 0.314. The molecule has 1 saturated heterocycles. The van der Waals surface area contributed by atoms with Crippen LogP contribution in [0.25, 0.3) is 0 Å². The van der Waals surface area contributed by atoms with E-state index in [2.05, 4.69) is 0 Å². The van der Waals surface area contributed by atoms with Gasteiger partial charge in [0.15, 0.2) is 6.29 Å². The first-order chi connectivity index (χ1) is 6.70. The zero-order valence-electron chi connectivity index (χ0n) is 8.30. The van der Waals surface area contributed by atoms with Crippen molar-refractivity contribution in [2.45, 2.75) is 44.4 Å². The molecule has 0 aromatic rings. The molecule has 14 heavy (non-hydrogen) atoms. The van der Waals surface area contributed by atoms with Gasteiger partial charge in [-0.05, 0) is 6.42 Å². The van der Waals surface area contributed by atoms with Gasteiger partial charge in [-0.3, -0.25) is 0 Å². The molecule has 5 nitrogen and oxygen atoms in total. The van der Waals surface area contributed by atoms with Gasteiger partial charge < -0.3 is 24.8 Å². The van der Waals surface area contributed by atoms with Crippen LogP contribution in [0.1, 0.15) is 19.8 Å². The lowest BCUT2D eigenvalue weighted by molar-refractivity contribution is -0.169. The Kier molecular flexibility index (Phi) is 4.77. The second-order valence-corrected chi connectivity index (χ2v) is 3.43. The molecular formula is C9H18O5. The predicted molar refractivity (Wildman–Crippen MR) is 48.6 cm³/mol. The molecule has 1 heterocycles. The molecule has 5 heteroatoms. The molecule has 1 fully saturated rings. The van der Waals surface area contributed by atoms with Gasteiger partial charge in [-0.1, -0.05) is 13.3 Å². The van der Waals surface area contributed by atoms with Crippen LogP contribution in [-0.2, 0) is 9.47 Å². The lowest BCUT2D eigenvalue weighted by atomic mass is 10.1. The molecule has 1 aliphatic heterocycles. The van der Waals surface area contributed by atoms with E-state index in [0.717, 1.165) is 12.8 Å². The molecule has 0 bridgehead atoms. The van der Waals surface area contributed by atoms with E-state index in [0.29, 0.717) is 6.61 Å². The van der Waals surface area contributed by atoms with E-state index in [1.54, 1.807) is 0 Å². The standard InChI is InChI=1S/C9H18O5/c1-2-3-4-13-9-8(12)7(11)6(5-10)14-9/h6-12H,2-5H2,1H3/t6-,7-,8-,9?/m1/s1. The number of hydrogen-bond acceptors (Lipinski definition) is 5. The fraction of sp³-hybridized carbons (Fsp3) is 1.00. The fourth-order valence-electron chi connectivity index (χ4n) is 1.35. The summed E-state index contributed by atoms with van der Waals surface area (Å²) in [6, 6.07) is 0. The van der Waals surface area contributed by atoms with Crippen LogP contribution in [0.15, 0.2) is 0 Å². The smallest absolute Gasteiger partial charge is 0.186 e. The molecule has 1 rings (SSSR count). The van der Waals surface area contributed by atoms with Crippen molar-refractivity contribution in [1.29, 1.82) is 0 Å². The van der Waals surface area contributed by atoms with Crippen molar-refractivity contribution in [1.82, 2.24) is 0 Å². The molecular weight excluding hydrogens is 188 g/mol. The minimum atomic E-state index is -1.07. The zero-order chi connectivity index (χ0) is 10.6. The van der Waals surface area contributed by atoms with Gasteiger partial charge in [0, 0.05) is 6.61 Å². The molecule has 0 aromatic heterocycles. The Morgan fingerprint density at radius 2 is 2.00 bits per heavy atom. The Balaban J connectivity index is 2.32. The maximum absolute atomic E-state index is 9.45. The van der Waals surface area contributed by atoms with E-state index in [-0.39, 0.29) is 6.61 Å². The predicted octanol–water partition coefficient (Wildman–Crippen LogP) is -0.758. The van der Waals surface area contributed by atoms with Crippen molar-refractivity contribution in [3.8, 4) is 0 Å². The third-order valence-electron chi connectivity index (χ3n) is 2.28. The summed E-state index contributed by atoms with van der Waals surface area (Å²) in [5.41, 5.74) is 0. The Morgan fingerprint density at radius 1 is 1.29 bits per heavy atom. The van der Waals surface area contributed by atoms with Gasteiger partial charge in [-0.2, -0.15) is 0 Å². The normalized spacial score (nSPS) is 37.7. The Labute approximate surface area is 83.3 Å². The van der Waals surface area contributed by atoms with Crippen LogP contribution in [0.3, 0.4) is 0 Å². The van der Waals surface area contributed by atoms with Gasteiger partial charge in [-0.15, -0.1) is 0 Å². The summed E-state index contributed by atoms with van der Waals surface area (Å²) in [7, 11) is 0. The van der Waals surface area contributed by atoms with E-state index in [1.165, 1.54) is 0 Å². The minimum Gasteiger partial charge on any atom is -0.394 e. The van der Waals surface area contributed by atoms with Crippen LogP contribution >= 0.6 is 0 Å². The van der Waals surface area contributed by atoms with Gasteiger partial charge >= 0.3 is 0 Å². The molecule has 4 atom stereocenters. The summed E-state index contributed by atoms with van der Waals surface area (Å²) in [6.45, 7) is 2.20. The highest BCUT2D eigenvalue weighted by Crippen LogP contribution is 2.21. The summed E-state index contributed by atoms with van der Waals surface area (Å²) in [5, 5.41) is 27.6. The number of ether oxygens (including phenoxy) is 2. The van der Waals surface area contributed by atoms with Crippen LogP contribution in [0.5, 0.6) is 0 Å². The van der Waals surface area contributed by atoms with Gasteiger partial charge in [0.1, 0.15) is 18.3 Å². The number of hydrogen-bond donors (Lipinski definition) is 3. The number of aliphatic hydroxyl groups excluding tert-OH is 3. The van der Waals surface area contributed by atoms with Crippen molar-refractivity contribution in [2.75, 3.05) is 13.2 Å². The SMILES string of the molecule is CCCCOC1O[C@H](CO)[C@@H](O)[C@H]1O. The molecule has 0 saturated carbocycles. The van der Waals surface area contributed by atoms with Crippen molar-refractivity contribution in [2.24, 2.45) is 0 Å². The maximum atomic E-state index is 9.45. The van der Waals surface area contributed by atoms with Gasteiger partial charge in [0.25, 0.3) is 0 Å². The van der Waals surface area contributed by atoms with Gasteiger partial charge in [0.2, 0.25) is 0 Å². The van der Waals surface area contributed by atoms with Crippen LogP contribution in [-0.4, -0.2) is 53.1 Å². The maximum Gasteiger partial charge on any atom is 0.186 e. The highest BCUT2D eigenvalue weighted by Gasteiger charge is 2.42. The second-order valence-electron chi connectivity index (χ2n) is 3.43. The van der Waals surface area contributed by atoms with Crippen LogP contribution in [0.2, 0.25) is 0 Å². The molecule has 3 N–H and O–H groups in total. The highest BCUT2D eigenvalue weighted by atomic mass is 16.7. The zero-order valence-corrected chi connectivity index (χ0v) is 8.30. The van der Waals surface area contributed by atoms with E-state index in [9.17, 15) is 10.2 Å². The topological polar surface area (TPSA) is 79.2 Å². The Hall–Kier alpha value is -0.200. The summed E-state index contributed by atoms with van der Waals surface area (Å²) in [6.07, 6.45) is -1.80. The highest BCUT2D eigenvalue weighted by molar-refractivity contribution is 4.86.